The molecule has 0 unspecified atom stereocenters. The summed E-state index contributed by atoms with van der Waals surface area (Å²) in [4.78, 5) is 10.2. The largest absolute Gasteiger partial charge is 0.466 e. The van der Waals surface area contributed by atoms with E-state index >= 15 is 0 Å². The predicted octanol–water partition coefficient (Wildman–Crippen LogP) is 3.83. The summed E-state index contributed by atoms with van der Waals surface area (Å²) in [5.74, 6) is -0.0359. The molecule has 0 atom stereocenters. The van der Waals surface area contributed by atoms with Crippen molar-refractivity contribution >= 4 is 5.97 Å². The zero-order valence-electron chi connectivity index (χ0n) is 9.80. The molecule has 0 N–H and O–H groups in total. The summed E-state index contributed by atoms with van der Waals surface area (Å²) in [7, 11) is 0. The van der Waals surface area contributed by atoms with Crippen molar-refractivity contribution in [2.45, 2.75) is 70.6 Å². The van der Waals surface area contributed by atoms with Crippen LogP contribution in [0.15, 0.2) is 0 Å². The van der Waals surface area contributed by atoms with Gasteiger partial charge in [-0.25, -0.2) is 0 Å². The highest BCUT2D eigenvalue weighted by atomic mass is 16.5. The first-order valence-electron chi connectivity index (χ1n) is 6.55. The molecule has 88 valence electrons. The highest BCUT2D eigenvalue weighted by molar-refractivity contribution is 5.69. The minimum atomic E-state index is -0.0359. The van der Waals surface area contributed by atoms with E-state index < -0.39 is 0 Å². The molecule has 2 fully saturated rings. The van der Waals surface area contributed by atoms with Crippen molar-refractivity contribution in [1.29, 1.82) is 0 Å². The van der Waals surface area contributed by atoms with E-state index in [0.717, 1.165) is 12.8 Å². The fourth-order valence-corrected chi connectivity index (χ4v) is 2.04. The van der Waals surface area contributed by atoms with E-state index in [1.807, 2.05) is 0 Å². The molecule has 0 aromatic rings. The minimum Gasteiger partial charge on any atom is -0.466 e. The first kappa shape index (κ1) is 12.5. The van der Waals surface area contributed by atoms with Crippen molar-refractivity contribution in [3.8, 4) is 0 Å². The number of hydrogen-bond acceptors (Lipinski definition) is 2. The van der Waals surface area contributed by atoms with Crippen LogP contribution in [-0.2, 0) is 9.53 Å². The standard InChI is InChI=1S/C8H16.C5H8O2/c1-2-4-6-8-7-5-3-1;6-5-3-1-2-4-7-5/h1-8H2;1-4H2. The molecule has 0 radical (unpaired) electrons. The monoisotopic (exact) mass is 212 g/mol. The summed E-state index contributed by atoms with van der Waals surface area (Å²) in [6, 6.07) is 0. The quantitative estimate of drug-likeness (QED) is 0.570. The predicted molar refractivity (Wildman–Crippen MR) is 61.7 cm³/mol. The maximum absolute atomic E-state index is 10.2. The second-order valence-corrected chi connectivity index (χ2v) is 4.51. The van der Waals surface area contributed by atoms with Gasteiger partial charge in [0.1, 0.15) is 0 Å². The van der Waals surface area contributed by atoms with Crippen LogP contribution in [0, 0.1) is 0 Å². The average molecular weight is 212 g/mol. The van der Waals surface area contributed by atoms with E-state index in [9.17, 15) is 4.79 Å². The number of hydrogen-bond donors (Lipinski definition) is 0. The van der Waals surface area contributed by atoms with Gasteiger partial charge in [-0.3, -0.25) is 4.79 Å². The van der Waals surface area contributed by atoms with Gasteiger partial charge in [0.15, 0.2) is 0 Å². The Kier molecular flexibility index (Phi) is 7.32. The van der Waals surface area contributed by atoms with Crippen LogP contribution in [0.2, 0.25) is 0 Å². The summed E-state index contributed by atoms with van der Waals surface area (Å²) in [6.07, 6.45) is 14.7. The van der Waals surface area contributed by atoms with Gasteiger partial charge in [0.2, 0.25) is 0 Å². The zero-order valence-corrected chi connectivity index (χ0v) is 9.80. The molecular formula is C13H24O2. The Morgan fingerprint density at radius 2 is 1.13 bits per heavy atom. The first-order valence-corrected chi connectivity index (χ1v) is 6.55. The lowest BCUT2D eigenvalue weighted by molar-refractivity contribution is -0.146. The second-order valence-electron chi connectivity index (χ2n) is 4.51. The van der Waals surface area contributed by atoms with Crippen LogP contribution in [0.4, 0.5) is 0 Å². The summed E-state index contributed by atoms with van der Waals surface area (Å²) in [5, 5.41) is 0. The lowest BCUT2D eigenvalue weighted by atomic mass is 10.0. The molecule has 2 rings (SSSR count). The van der Waals surface area contributed by atoms with Crippen molar-refractivity contribution in [2.24, 2.45) is 0 Å². The minimum absolute atomic E-state index is 0.0359. The van der Waals surface area contributed by atoms with Crippen LogP contribution in [-0.4, -0.2) is 12.6 Å². The Labute approximate surface area is 93.4 Å². The van der Waals surface area contributed by atoms with E-state index in [2.05, 4.69) is 4.74 Å². The van der Waals surface area contributed by atoms with Crippen LogP contribution in [0.3, 0.4) is 0 Å². The third-order valence-corrected chi connectivity index (χ3v) is 3.04. The number of carbonyl (C=O) groups excluding carboxylic acids is 1. The van der Waals surface area contributed by atoms with Gasteiger partial charge in [-0.1, -0.05) is 51.4 Å². The van der Waals surface area contributed by atoms with Crippen LogP contribution < -0.4 is 0 Å². The molecule has 1 aliphatic heterocycles. The van der Waals surface area contributed by atoms with Gasteiger partial charge in [0, 0.05) is 6.42 Å². The van der Waals surface area contributed by atoms with Gasteiger partial charge < -0.3 is 4.74 Å². The summed E-state index contributed by atoms with van der Waals surface area (Å²) >= 11 is 0. The van der Waals surface area contributed by atoms with Crippen LogP contribution in [0.1, 0.15) is 70.6 Å². The molecule has 2 nitrogen and oxygen atoms in total. The third-order valence-electron chi connectivity index (χ3n) is 3.04. The Morgan fingerprint density at radius 1 is 0.667 bits per heavy atom. The summed E-state index contributed by atoms with van der Waals surface area (Å²) < 4.78 is 4.64. The first-order chi connectivity index (χ1) is 7.39. The lowest BCUT2D eigenvalue weighted by Gasteiger charge is -2.08. The Morgan fingerprint density at radius 3 is 1.33 bits per heavy atom. The zero-order chi connectivity index (χ0) is 10.8. The van der Waals surface area contributed by atoms with Crippen molar-refractivity contribution in [3.05, 3.63) is 0 Å². The molecule has 0 amide bonds. The van der Waals surface area contributed by atoms with Crippen LogP contribution >= 0.6 is 0 Å². The molecule has 0 aromatic heterocycles. The highest BCUT2D eigenvalue weighted by Crippen LogP contribution is 2.15. The second kappa shape index (κ2) is 8.75. The van der Waals surface area contributed by atoms with E-state index in [1.54, 1.807) is 0 Å². The lowest BCUT2D eigenvalue weighted by Crippen LogP contribution is -2.10. The van der Waals surface area contributed by atoms with E-state index in [-0.39, 0.29) is 5.97 Å². The Bertz CT molecular complexity index is 134. The molecular weight excluding hydrogens is 188 g/mol. The van der Waals surface area contributed by atoms with E-state index in [4.69, 9.17) is 0 Å². The summed E-state index contributed by atoms with van der Waals surface area (Å²) in [5.41, 5.74) is 0. The maximum atomic E-state index is 10.2. The molecule has 1 saturated heterocycles. The molecule has 0 bridgehead atoms. The Balaban J connectivity index is 0.000000151. The molecule has 1 aliphatic carbocycles. The summed E-state index contributed by atoms with van der Waals surface area (Å²) in [6.45, 7) is 0.638. The smallest absolute Gasteiger partial charge is 0.305 e. The van der Waals surface area contributed by atoms with Gasteiger partial charge in [-0.05, 0) is 12.8 Å². The van der Waals surface area contributed by atoms with Gasteiger partial charge >= 0.3 is 5.97 Å². The number of cyclic esters (lactones) is 1. The van der Waals surface area contributed by atoms with E-state index in [1.165, 1.54) is 51.4 Å². The topological polar surface area (TPSA) is 26.3 Å². The number of ether oxygens (including phenoxy) is 1. The molecule has 1 saturated carbocycles. The van der Waals surface area contributed by atoms with Crippen molar-refractivity contribution in [1.82, 2.24) is 0 Å². The van der Waals surface area contributed by atoms with Crippen LogP contribution in [0.5, 0.6) is 0 Å². The molecule has 1 heterocycles. The maximum Gasteiger partial charge on any atom is 0.305 e. The van der Waals surface area contributed by atoms with Crippen molar-refractivity contribution in [3.63, 3.8) is 0 Å². The fraction of sp³-hybridized carbons (Fsp3) is 0.923. The van der Waals surface area contributed by atoms with E-state index in [0.29, 0.717) is 13.0 Å². The molecule has 0 spiro atoms. The number of rotatable bonds is 0. The molecule has 15 heavy (non-hydrogen) atoms. The third kappa shape index (κ3) is 7.40. The van der Waals surface area contributed by atoms with Crippen LogP contribution in [0.25, 0.3) is 0 Å². The van der Waals surface area contributed by atoms with Gasteiger partial charge in [-0.2, -0.15) is 0 Å². The SMILES string of the molecule is C1CCCCCCC1.O=C1CCCCO1. The molecule has 2 heteroatoms. The normalized spacial score (nSPS) is 22.8. The van der Waals surface area contributed by atoms with Gasteiger partial charge in [0.25, 0.3) is 0 Å². The molecule has 0 aromatic carbocycles. The van der Waals surface area contributed by atoms with Crippen molar-refractivity contribution in [2.75, 3.05) is 6.61 Å². The highest BCUT2D eigenvalue weighted by Gasteiger charge is 2.06. The van der Waals surface area contributed by atoms with Gasteiger partial charge in [0.05, 0.1) is 6.61 Å². The molecule has 2 aliphatic rings. The number of carbonyl (C=O) groups is 1. The number of esters is 1. The van der Waals surface area contributed by atoms with Gasteiger partial charge in [-0.15, -0.1) is 0 Å². The average Bonchev–Trinajstić information content (AvgIpc) is 2.18. The Hall–Kier alpha value is -0.530. The van der Waals surface area contributed by atoms with Crippen molar-refractivity contribution < 1.29 is 9.53 Å². The fourth-order valence-electron chi connectivity index (χ4n) is 2.04.